The van der Waals surface area contributed by atoms with Crippen LogP contribution in [-0.2, 0) is 14.1 Å². The van der Waals surface area contributed by atoms with Gasteiger partial charge in [0.25, 0.3) is 0 Å². The number of rotatable bonds is 5. The molecule has 198 valence electrons. The van der Waals surface area contributed by atoms with Crippen molar-refractivity contribution in [3.63, 3.8) is 0 Å². The highest BCUT2D eigenvalue weighted by molar-refractivity contribution is 5.97. The van der Waals surface area contributed by atoms with Crippen LogP contribution in [0.1, 0.15) is 33.6 Å². The molecule has 0 aliphatic rings. The van der Waals surface area contributed by atoms with Crippen molar-refractivity contribution in [1.29, 1.82) is 0 Å². The minimum absolute atomic E-state index is 0.767. The lowest BCUT2D eigenvalue weighted by molar-refractivity contribution is 0.890. The van der Waals surface area contributed by atoms with E-state index in [0.717, 1.165) is 78.7 Å². The number of nitrogens with zero attached hydrogens (tertiary/aromatic N) is 8. The fourth-order valence-corrected chi connectivity index (χ4v) is 4.94. The number of aryl methyl sites for hydroxylation is 4. The highest BCUT2D eigenvalue weighted by atomic mass is 15.2. The quantitative estimate of drug-likeness (QED) is 0.235. The minimum atomic E-state index is 0.767. The van der Waals surface area contributed by atoms with E-state index >= 15 is 0 Å². The van der Waals surface area contributed by atoms with Gasteiger partial charge in [-0.15, -0.1) is 0 Å². The second kappa shape index (κ2) is 9.96. The summed E-state index contributed by atoms with van der Waals surface area (Å²) in [6, 6.07) is 15.9. The Morgan fingerprint density at radius 1 is 0.625 bits per heavy atom. The Labute approximate surface area is 232 Å². The van der Waals surface area contributed by atoms with E-state index < -0.39 is 0 Å². The highest BCUT2D eigenvalue weighted by Crippen LogP contribution is 2.37. The Hall–Kier alpha value is -4.98. The monoisotopic (exact) mass is 526 g/mol. The summed E-state index contributed by atoms with van der Waals surface area (Å²) in [5, 5.41) is 0. The van der Waals surface area contributed by atoms with Crippen LogP contribution in [0, 0.1) is 27.7 Å². The Balaban J connectivity index is 1.53. The third-order valence-corrected chi connectivity index (χ3v) is 7.55. The number of aliphatic imine (C=N–C) groups is 2. The number of fused-ring (bicyclic) bond motifs is 2. The molecule has 0 radical (unpaired) electrons. The Morgan fingerprint density at radius 2 is 1.05 bits per heavy atom. The van der Waals surface area contributed by atoms with E-state index in [1.165, 1.54) is 0 Å². The molecular formula is C32H30N8. The molecule has 8 heteroatoms. The maximum Gasteiger partial charge on any atom is 0.177 e. The van der Waals surface area contributed by atoms with Gasteiger partial charge in [0.2, 0.25) is 0 Å². The van der Waals surface area contributed by atoms with Gasteiger partial charge in [-0.25, -0.2) is 9.97 Å². The molecule has 6 rings (SSSR count). The van der Waals surface area contributed by atoms with Gasteiger partial charge in [0, 0.05) is 26.5 Å². The first-order valence-corrected chi connectivity index (χ1v) is 13.2. The summed E-state index contributed by atoms with van der Waals surface area (Å²) < 4.78 is 4.19. The zero-order valence-electron chi connectivity index (χ0n) is 23.5. The van der Waals surface area contributed by atoms with Gasteiger partial charge < -0.3 is 9.13 Å². The van der Waals surface area contributed by atoms with Crippen LogP contribution in [0.2, 0.25) is 0 Å². The third kappa shape index (κ3) is 4.27. The molecule has 0 bridgehead atoms. The summed E-state index contributed by atoms with van der Waals surface area (Å²) in [5.41, 5.74) is 11.4. The van der Waals surface area contributed by atoms with E-state index in [2.05, 4.69) is 58.9 Å². The predicted octanol–water partition coefficient (Wildman–Crippen LogP) is 6.65. The average molecular weight is 527 g/mol. The zero-order chi connectivity index (χ0) is 28.0. The first-order chi connectivity index (χ1) is 19.3. The number of aromatic nitrogens is 6. The van der Waals surface area contributed by atoms with Crippen molar-refractivity contribution in [2.75, 3.05) is 0 Å². The summed E-state index contributed by atoms with van der Waals surface area (Å²) in [7, 11) is 4.06. The van der Waals surface area contributed by atoms with Crippen LogP contribution in [0.25, 0.3) is 33.7 Å². The van der Waals surface area contributed by atoms with Crippen LogP contribution >= 0.6 is 0 Å². The second-order valence-corrected chi connectivity index (χ2v) is 10.1. The van der Waals surface area contributed by atoms with E-state index in [1.807, 2.05) is 50.5 Å². The molecule has 0 N–H and O–H groups in total. The maximum absolute atomic E-state index is 5.12. The lowest BCUT2D eigenvalue weighted by Crippen LogP contribution is -1.99. The van der Waals surface area contributed by atoms with Crippen molar-refractivity contribution in [2.24, 2.45) is 24.1 Å². The van der Waals surface area contributed by atoms with Gasteiger partial charge >= 0.3 is 0 Å². The number of benzene rings is 2. The number of pyridine rings is 2. The van der Waals surface area contributed by atoms with E-state index in [-0.39, 0.29) is 0 Å². The van der Waals surface area contributed by atoms with Gasteiger partial charge in [0.05, 0.1) is 46.2 Å². The van der Waals surface area contributed by atoms with E-state index in [4.69, 9.17) is 20.0 Å². The van der Waals surface area contributed by atoms with Crippen molar-refractivity contribution in [3.05, 3.63) is 94.6 Å². The molecule has 0 saturated heterocycles. The summed E-state index contributed by atoms with van der Waals surface area (Å²) in [6.45, 7) is 8.38. The molecule has 0 fully saturated rings. The SMILES string of the molecule is Cc1cc2c(nc(-c3nc4c(N=Cc5ccccn5)c(C)c(C)cc4n3C)n2C)c(N=Cc2ccccn2)c1C. The third-order valence-electron chi connectivity index (χ3n) is 7.55. The van der Waals surface area contributed by atoms with Crippen molar-refractivity contribution in [1.82, 2.24) is 29.1 Å². The standard InChI is InChI=1S/C32H30N8/c1-19-15-25-29(27(21(19)3)35-17-23-11-7-9-13-33-23)37-31(39(25)5)32-38-30-26(40(32)6)16-20(2)22(4)28(30)36-18-24-12-8-10-14-34-24/h7-18H,1-6H3. The van der Waals surface area contributed by atoms with E-state index in [0.29, 0.717) is 0 Å². The van der Waals surface area contributed by atoms with Crippen LogP contribution in [0.3, 0.4) is 0 Å². The van der Waals surface area contributed by atoms with Crippen molar-refractivity contribution in [2.45, 2.75) is 27.7 Å². The molecule has 8 nitrogen and oxygen atoms in total. The average Bonchev–Trinajstić information content (AvgIpc) is 3.46. The smallest absolute Gasteiger partial charge is 0.177 e. The molecule has 0 saturated carbocycles. The highest BCUT2D eigenvalue weighted by Gasteiger charge is 2.22. The zero-order valence-corrected chi connectivity index (χ0v) is 23.5. The minimum Gasteiger partial charge on any atom is -0.324 e. The molecule has 40 heavy (non-hydrogen) atoms. The van der Waals surface area contributed by atoms with Gasteiger partial charge in [-0.3, -0.25) is 20.0 Å². The molecule has 0 spiro atoms. The first kappa shape index (κ1) is 25.3. The molecule has 4 heterocycles. The van der Waals surface area contributed by atoms with Crippen LogP contribution in [0.4, 0.5) is 11.4 Å². The Bertz CT molecular complexity index is 1800. The normalized spacial score (nSPS) is 12.1. The van der Waals surface area contributed by atoms with Gasteiger partial charge in [0.15, 0.2) is 11.6 Å². The largest absolute Gasteiger partial charge is 0.324 e. The van der Waals surface area contributed by atoms with Crippen LogP contribution in [-0.4, -0.2) is 41.5 Å². The Morgan fingerprint density at radius 3 is 1.43 bits per heavy atom. The molecule has 6 aromatic rings. The van der Waals surface area contributed by atoms with Gasteiger partial charge in [-0.05, 0) is 86.3 Å². The van der Waals surface area contributed by atoms with E-state index in [9.17, 15) is 0 Å². The first-order valence-electron chi connectivity index (χ1n) is 13.2. The van der Waals surface area contributed by atoms with Crippen molar-refractivity contribution >= 4 is 45.9 Å². The van der Waals surface area contributed by atoms with Crippen LogP contribution < -0.4 is 0 Å². The number of hydrogen-bond donors (Lipinski definition) is 0. The molecule has 0 aliphatic heterocycles. The van der Waals surface area contributed by atoms with Crippen LogP contribution in [0.5, 0.6) is 0 Å². The molecule has 0 unspecified atom stereocenters. The molecule has 4 aromatic heterocycles. The van der Waals surface area contributed by atoms with Gasteiger partial charge in [-0.2, -0.15) is 0 Å². The lowest BCUT2D eigenvalue weighted by atomic mass is 10.1. The summed E-state index contributed by atoms with van der Waals surface area (Å²) in [6.07, 6.45) is 7.12. The fraction of sp³-hybridized carbons (Fsp3) is 0.188. The van der Waals surface area contributed by atoms with Crippen molar-refractivity contribution < 1.29 is 0 Å². The molecule has 0 amide bonds. The predicted molar refractivity (Wildman–Crippen MR) is 162 cm³/mol. The molecular weight excluding hydrogens is 496 g/mol. The Kier molecular flexibility index (Phi) is 6.30. The van der Waals surface area contributed by atoms with Crippen molar-refractivity contribution in [3.8, 4) is 11.6 Å². The number of hydrogen-bond acceptors (Lipinski definition) is 6. The van der Waals surface area contributed by atoms with E-state index in [1.54, 1.807) is 24.8 Å². The molecule has 0 aliphatic carbocycles. The fourth-order valence-electron chi connectivity index (χ4n) is 4.94. The maximum atomic E-state index is 5.12. The summed E-state index contributed by atoms with van der Waals surface area (Å²) >= 11 is 0. The second-order valence-electron chi connectivity index (χ2n) is 10.1. The molecule has 2 aromatic carbocycles. The topological polar surface area (TPSA) is 86.1 Å². The summed E-state index contributed by atoms with van der Waals surface area (Å²) in [4.78, 5) is 28.7. The molecule has 0 atom stereocenters. The number of imidazole rings is 2. The van der Waals surface area contributed by atoms with Gasteiger partial charge in [0.1, 0.15) is 11.0 Å². The summed E-state index contributed by atoms with van der Waals surface area (Å²) in [5.74, 6) is 1.53. The van der Waals surface area contributed by atoms with Crippen LogP contribution in [0.15, 0.2) is 70.9 Å². The van der Waals surface area contributed by atoms with Gasteiger partial charge in [-0.1, -0.05) is 12.1 Å². The lowest BCUT2D eigenvalue weighted by Gasteiger charge is -2.07.